The van der Waals surface area contributed by atoms with Crippen LogP contribution in [0, 0.1) is 5.82 Å². The minimum atomic E-state index is -0.283. The van der Waals surface area contributed by atoms with E-state index < -0.39 is 0 Å². The number of hydrogen-bond donors (Lipinski definition) is 1. The summed E-state index contributed by atoms with van der Waals surface area (Å²) in [7, 11) is 3.21. The first kappa shape index (κ1) is 14.7. The molecule has 0 saturated carbocycles. The van der Waals surface area contributed by atoms with Gasteiger partial charge in [-0.3, -0.25) is 0 Å². The molecule has 106 valence electrons. The maximum absolute atomic E-state index is 13.2. The van der Waals surface area contributed by atoms with Gasteiger partial charge in [-0.25, -0.2) is 4.39 Å². The van der Waals surface area contributed by atoms with Crippen LogP contribution in [-0.2, 0) is 6.54 Å². The van der Waals surface area contributed by atoms with Crippen molar-refractivity contribution in [2.45, 2.75) is 6.54 Å². The molecule has 2 aromatic carbocycles. The van der Waals surface area contributed by atoms with Crippen LogP contribution in [0.25, 0.3) is 0 Å². The number of nitrogens with one attached hydrogen (secondary N) is 1. The quantitative estimate of drug-likeness (QED) is 0.884. The molecule has 0 radical (unpaired) electrons. The number of rotatable bonds is 5. The van der Waals surface area contributed by atoms with Gasteiger partial charge >= 0.3 is 0 Å². The smallest absolute Gasteiger partial charge is 0.165 e. The summed E-state index contributed by atoms with van der Waals surface area (Å²) in [6, 6.07) is 10.5. The third-order valence-electron chi connectivity index (χ3n) is 2.89. The Balaban J connectivity index is 2.16. The summed E-state index contributed by atoms with van der Waals surface area (Å²) >= 11 is 3.16. The van der Waals surface area contributed by atoms with E-state index in [-0.39, 0.29) is 5.82 Å². The molecule has 0 saturated heterocycles. The number of anilines is 1. The van der Waals surface area contributed by atoms with Crippen LogP contribution in [0.5, 0.6) is 11.5 Å². The average Bonchev–Trinajstić information content (AvgIpc) is 2.47. The molecule has 0 unspecified atom stereocenters. The number of ether oxygens (including phenoxy) is 2. The predicted octanol–water partition coefficient (Wildman–Crippen LogP) is 4.22. The summed E-state index contributed by atoms with van der Waals surface area (Å²) in [5.74, 6) is 1.10. The lowest BCUT2D eigenvalue weighted by Gasteiger charge is -2.14. The van der Waals surface area contributed by atoms with Crippen LogP contribution in [0.2, 0.25) is 0 Å². The summed E-state index contributed by atoms with van der Waals surface area (Å²) in [5.41, 5.74) is 1.79. The van der Waals surface area contributed by atoms with E-state index in [4.69, 9.17) is 9.47 Å². The van der Waals surface area contributed by atoms with Gasteiger partial charge in [0.15, 0.2) is 11.5 Å². The molecular weight excluding hydrogens is 325 g/mol. The topological polar surface area (TPSA) is 30.5 Å². The molecule has 1 N–H and O–H groups in total. The van der Waals surface area contributed by atoms with Crippen molar-refractivity contribution in [1.29, 1.82) is 0 Å². The summed E-state index contributed by atoms with van der Waals surface area (Å²) < 4.78 is 24.2. The standard InChI is InChI=1S/C15H15BrFNO2/c1-19-14-5-3-4-10(15(14)20-2)9-18-11-6-7-13(17)12(16)8-11/h3-8,18H,9H2,1-2H3. The minimum Gasteiger partial charge on any atom is -0.493 e. The Morgan fingerprint density at radius 2 is 1.95 bits per heavy atom. The van der Waals surface area contributed by atoms with Gasteiger partial charge in [-0.1, -0.05) is 12.1 Å². The third-order valence-corrected chi connectivity index (χ3v) is 3.49. The van der Waals surface area contributed by atoms with Gasteiger partial charge in [0.25, 0.3) is 0 Å². The average molecular weight is 340 g/mol. The van der Waals surface area contributed by atoms with E-state index in [0.717, 1.165) is 11.3 Å². The maximum Gasteiger partial charge on any atom is 0.165 e. The number of hydrogen-bond acceptors (Lipinski definition) is 3. The van der Waals surface area contributed by atoms with E-state index in [2.05, 4.69) is 21.2 Å². The summed E-state index contributed by atoms with van der Waals surface area (Å²) in [5, 5.41) is 3.22. The second kappa shape index (κ2) is 6.61. The number of methoxy groups -OCH3 is 2. The highest BCUT2D eigenvalue weighted by Gasteiger charge is 2.09. The Kier molecular flexibility index (Phi) is 4.84. The fraction of sp³-hybridized carbons (Fsp3) is 0.200. The van der Waals surface area contributed by atoms with Crippen LogP contribution in [-0.4, -0.2) is 14.2 Å². The van der Waals surface area contributed by atoms with E-state index in [1.54, 1.807) is 26.4 Å². The minimum absolute atomic E-state index is 0.283. The van der Waals surface area contributed by atoms with Crippen LogP contribution >= 0.6 is 15.9 Å². The van der Waals surface area contributed by atoms with E-state index in [1.807, 2.05) is 18.2 Å². The fourth-order valence-electron chi connectivity index (χ4n) is 1.90. The number of halogens is 2. The summed E-state index contributed by atoms with van der Waals surface area (Å²) in [6.07, 6.45) is 0. The Hall–Kier alpha value is -1.75. The molecule has 0 bridgehead atoms. The van der Waals surface area contributed by atoms with E-state index in [1.165, 1.54) is 6.07 Å². The molecule has 0 aliphatic carbocycles. The van der Waals surface area contributed by atoms with Crippen LogP contribution in [0.1, 0.15) is 5.56 Å². The first-order valence-corrected chi connectivity index (χ1v) is 6.83. The Bertz CT molecular complexity index is 604. The highest BCUT2D eigenvalue weighted by atomic mass is 79.9. The molecule has 0 heterocycles. The Morgan fingerprint density at radius 3 is 2.60 bits per heavy atom. The predicted molar refractivity (Wildman–Crippen MR) is 81.0 cm³/mol. The Labute approximate surface area is 125 Å². The van der Waals surface area contributed by atoms with Crippen molar-refractivity contribution in [3.8, 4) is 11.5 Å². The largest absolute Gasteiger partial charge is 0.493 e. The van der Waals surface area contributed by atoms with Gasteiger partial charge in [0, 0.05) is 17.8 Å². The zero-order chi connectivity index (χ0) is 14.5. The van der Waals surface area contributed by atoms with Gasteiger partial charge in [-0.2, -0.15) is 0 Å². The van der Waals surface area contributed by atoms with Crippen molar-refractivity contribution in [3.63, 3.8) is 0 Å². The monoisotopic (exact) mass is 339 g/mol. The van der Waals surface area contributed by atoms with Crippen molar-refractivity contribution in [2.75, 3.05) is 19.5 Å². The van der Waals surface area contributed by atoms with Crippen molar-refractivity contribution < 1.29 is 13.9 Å². The zero-order valence-electron chi connectivity index (χ0n) is 11.2. The second-order valence-electron chi connectivity index (χ2n) is 4.14. The first-order chi connectivity index (χ1) is 9.65. The highest BCUT2D eigenvalue weighted by Crippen LogP contribution is 2.31. The normalized spacial score (nSPS) is 10.2. The van der Waals surface area contributed by atoms with Gasteiger partial charge in [-0.05, 0) is 40.2 Å². The number of para-hydroxylation sites is 1. The highest BCUT2D eigenvalue weighted by molar-refractivity contribution is 9.10. The molecule has 0 fully saturated rings. The molecule has 0 spiro atoms. The molecular formula is C15H15BrFNO2. The van der Waals surface area contributed by atoms with Crippen LogP contribution < -0.4 is 14.8 Å². The zero-order valence-corrected chi connectivity index (χ0v) is 12.8. The molecule has 2 aromatic rings. The number of benzene rings is 2. The fourth-order valence-corrected chi connectivity index (χ4v) is 2.28. The lowest BCUT2D eigenvalue weighted by Crippen LogP contribution is -2.03. The maximum atomic E-state index is 13.2. The summed E-state index contributed by atoms with van der Waals surface area (Å²) in [4.78, 5) is 0. The first-order valence-electron chi connectivity index (χ1n) is 6.04. The molecule has 0 atom stereocenters. The van der Waals surface area contributed by atoms with Gasteiger partial charge < -0.3 is 14.8 Å². The molecule has 0 amide bonds. The molecule has 5 heteroatoms. The van der Waals surface area contributed by atoms with Crippen LogP contribution in [0.4, 0.5) is 10.1 Å². The van der Waals surface area contributed by atoms with Gasteiger partial charge in [-0.15, -0.1) is 0 Å². The van der Waals surface area contributed by atoms with Gasteiger partial charge in [0.1, 0.15) is 5.82 Å². The lowest BCUT2D eigenvalue weighted by atomic mass is 10.1. The van der Waals surface area contributed by atoms with Crippen molar-refractivity contribution in [1.82, 2.24) is 0 Å². The van der Waals surface area contributed by atoms with Crippen LogP contribution in [0.3, 0.4) is 0 Å². The Morgan fingerprint density at radius 1 is 1.15 bits per heavy atom. The SMILES string of the molecule is COc1cccc(CNc2ccc(F)c(Br)c2)c1OC. The molecule has 2 rings (SSSR count). The van der Waals surface area contributed by atoms with Gasteiger partial charge in [0.05, 0.1) is 18.7 Å². The van der Waals surface area contributed by atoms with E-state index in [0.29, 0.717) is 22.5 Å². The van der Waals surface area contributed by atoms with Gasteiger partial charge in [0.2, 0.25) is 0 Å². The molecule has 0 aromatic heterocycles. The molecule has 0 aliphatic rings. The molecule has 3 nitrogen and oxygen atoms in total. The van der Waals surface area contributed by atoms with E-state index >= 15 is 0 Å². The van der Waals surface area contributed by atoms with Crippen molar-refractivity contribution >= 4 is 21.6 Å². The molecule has 0 aliphatic heterocycles. The van der Waals surface area contributed by atoms with Crippen molar-refractivity contribution in [2.24, 2.45) is 0 Å². The van der Waals surface area contributed by atoms with Crippen molar-refractivity contribution in [3.05, 3.63) is 52.3 Å². The van der Waals surface area contributed by atoms with Crippen LogP contribution in [0.15, 0.2) is 40.9 Å². The second-order valence-corrected chi connectivity index (χ2v) is 4.99. The molecule has 20 heavy (non-hydrogen) atoms. The van der Waals surface area contributed by atoms with E-state index in [9.17, 15) is 4.39 Å². The third kappa shape index (κ3) is 3.22. The lowest BCUT2D eigenvalue weighted by molar-refractivity contribution is 0.352. The summed E-state index contributed by atoms with van der Waals surface area (Å²) in [6.45, 7) is 0.554.